The average Bonchev–Trinajstić information content (AvgIpc) is 3.51. The van der Waals surface area contributed by atoms with Gasteiger partial charge in [0, 0.05) is 26.2 Å². The quantitative estimate of drug-likeness (QED) is 0.364. The van der Waals surface area contributed by atoms with Gasteiger partial charge in [-0.2, -0.15) is 0 Å². The molecular formula is C22H28FN7O2. The number of morpholine rings is 1. The van der Waals surface area contributed by atoms with Crippen molar-refractivity contribution in [3.05, 3.63) is 59.9 Å². The van der Waals surface area contributed by atoms with Crippen molar-refractivity contribution < 1.29 is 13.5 Å². The third kappa shape index (κ3) is 5.71. The Kier molecular flexibility index (Phi) is 7.47. The molecule has 3 aromatic rings. The van der Waals surface area contributed by atoms with Crippen molar-refractivity contribution in [1.29, 1.82) is 0 Å². The Bertz CT molecular complexity index is 982. The molecule has 0 radical (unpaired) electrons. The van der Waals surface area contributed by atoms with Crippen LogP contribution in [0.3, 0.4) is 0 Å². The molecule has 0 spiro atoms. The largest absolute Gasteiger partial charge is 0.461 e. The number of rotatable bonds is 8. The van der Waals surface area contributed by atoms with Gasteiger partial charge >= 0.3 is 0 Å². The zero-order chi connectivity index (χ0) is 22.2. The number of ether oxygens (including phenoxy) is 1. The fourth-order valence-electron chi connectivity index (χ4n) is 3.60. The van der Waals surface area contributed by atoms with E-state index in [1.165, 1.54) is 12.1 Å². The first kappa shape index (κ1) is 22.0. The smallest absolute Gasteiger partial charge is 0.216 e. The van der Waals surface area contributed by atoms with Crippen LogP contribution in [-0.4, -0.2) is 65.4 Å². The SMILES string of the molecule is CCNC(=NCc1nc(-c2ccco2)n[nH]1)NCC(c1ccc(F)cc1)N1CCOCC1. The molecule has 0 bridgehead atoms. The predicted octanol–water partition coefficient (Wildman–Crippen LogP) is 2.33. The van der Waals surface area contributed by atoms with E-state index < -0.39 is 0 Å². The average molecular weight is 442 g/mol. The minimum absolute atomic E-state index is 0.0687. The number of nitrogens with zero attached hydrogens (tertiary/aromatic N) is 4. The lowest BCUT2D eigenvalue weighted by Gasteiger charge is -2.35. The third-order valence-electron chi connectivity index (χ3n) is 5.21. The Morgan fingerprint density at radius 1 is 1.22 bits per heavy atom. The summed E-state index contributed by atoms with van der Waals surface area (Å²) in [6.07, 6.45) is 1.59. The highest BCUT2D eigenvalue weighted by Gasteiger charge is 2.23. The van der Waals surface area contributed by atoms with E-state index in [4.69, 9.17) is 9.15 Å². The molecular weight excluding hydrogens is 413 g/mol. The van der Waals surface area contributed by atoms with Crippen LogP contribution >= 0.6 is 0 Å². The normalized spacial score (nSPS) is 16.1. The Labute approximate surface area is 186 Å². The first-order chi connectivity index (χ1) is 15.7. The molecule has 3 N–H and O–H groups in total. The summed E-state index contributed by atoms with van der Waals surface area (Å²) in [5.41, 5.74) is 1.05. The van der Waals surface area contributed by atoms with Crippen molar-refractivity contribution in [1.82, 2.24) is 30.7 Å². The number of benzene rings is 1. The van der Waals surface area contributed by atoms with Crippen molar-refractivity contribution in [3.63, 3.8) is 0 Å². The second-order valence-electron chi connectivity index (χ2n) is 7.37. The number of H-pyrrole nitrogens is 1. The molecule has 170 valence electrons. The van der Waals surface area contributed by atoms with Crippen molar-refractivity contribution >= 4 is 5.96 Å². The molecule has 2 aromatic heterocycles. The zero-order valence-corrected chi connectivity index (χ0v) is 18.1. The third-order valence-corrected chi connectivity index (χ3v) is 5.21. The lowest BCUT2D eigenvalue weighted by Crippen LogP contribution is -2.46. The molecule has 0 aliphatic carbocycles. The standard InChI is InChI=1S/C22H28FN7O2/c1-2-24-22(26-15-20-27-21(29-28-20)19-4-3-11-32-19)25-14-18(30-9-12-31-13-10-30)16-5-7-17(23)8-6-16/h3-8,11,18H,2,9-10,12-15H2,1H3,(H2,24,25,26)(H,27,28,29). The van der Waals surface area contributed by atoms with Crippen LogP contribution in [0.4, 0.5) is 4.39 Å². The number of nitrogens with one attached hydrogen (secondary N) is 3. The first-order valence-electron chi connectivity index (χ1n) is 10.8. The van der Waals surface area contributed by atoms with E-state index in [1.54, 1.807) is 12.3 Å². The van der Waals surface area contributed by atoms with E-state index in [2.05, 4.69) is 35.7 Å². The fourth-order valence-corrected chi connectivity index (χ4v) is 3.60. The van der Waals surface area contributed by atoms with Gasteiger partial charge in [0.25, 0.3) is 0 Å². The highest BCUT2D eigenvalue weighted by molar-refractivity contribution is 5.79. The summed E-state index contributed by atoms with van der Waals surface area (Å²) in [7, 11) is 0. The van der Waals surface area contributed by atoms with E-state index in [1.807, 2.05) is 25.1 Å². The summed E-state index contributed by atoms with van der Waals surface area (Å²) in [4.78, 5) is 11.4. The van der Waals surface area contributed by atoms with Crippen molar-refractivity contribution in [2.45, 2.75) is 19.5 Å². The number of hydrogen-bond donors (Lipinski definition) is 3. The van der Waals surface area contributed by atoms with Gasteiger partial charge in [0.2, 0.25) is 5.82 Å². The second-order valence-corrected chi connectivity index (χ2v) is 7.37. The molecule has 0 amide bonds. The number of guanidine groups is 1. The maximum atomic E-state index is 13.5. The Hall–Kier alpha value is -3.24. The van der Waals surface area contributed by atoms with Gasteiger partial charge in [-0.15, -0.1) is 5.10 Å². The minimum Gasteiger partial charge on any atom is -0.461 e. The molecule has 32 heavy (non-hydrogen) atoms. The van der Waals surface area contributed by atoms with Crippen LogP contribution in [0.1, 0.15) is 24.4 Å². The van der Waals surface area contributed by atoms with Gasteiger partial charge in [0.15, 0.2) is 11.7 Å². The van der Waals surface area contributed by atoms with Gasteiger partial charge in [-0.25, -0.2) is 14.4 Å². The van der Waals surface area contributed by atoms with Crippen LogP contribution < -0.4 is 10.6 Å². The maximum absolute atomic E-state index is 13.5. The maximum Gasteiger partial charge on any atom is 0.216 e. The summed E-state index contributed by atoms with van der Waals surface area (Å²) in [6, 6.07) is 10.4. The summed E-state index contributed by atoms with van der Waals surface area (Å²) in [5, 5.41) is 13.8. The first-order valence-corrected chi connectivity index (χ1v) is 10.8. The van der Waals surface area contributed by atoms with Crippen LogP contribution in [0, 0.1) is 5.82 Å². The topological polar surface area (TPSA) is 104 Å². The Balaban J connectivity index is 1.43. The molecule has 9 nitrogen and oxygen atoms in total. The highest BCUT2D eigenvalue weighted by Crippen LogP contribution is 2.21. The van der Waals surface area contributed by atoms with Crippen LogP contribution in [0.15, 0.2) is 52.1 Å². The number of hydrogen-bond acceptors (Lipinski definition) is 6. The number of halogens is 1. The lowest BCUT2D eigenvalue weighted by atomic mass is 10.0. The van der Waals surface area contributed by atoms with Gasteiger partial charge < -0.3 is 19.8 Å². The molecule has 1 aromatic carbocycles. The predicted molar refractivity (Wildman–Crippen MR) is 118 cm³/mol. The summed E-state index contributed by atoms with van der Waals surface area (Å²) < 4.78 is 24.3. The van der Waals surface area contributed by atoms with Gasteiger partial charge in [-0.1, -0.05) is 12.1 Å². The Morgan fingerprint density at radius 3 is 2.75 bits per heavy atom. The van der Waals surface area contributed by atoms with Crippen molar-refractivity contribution in [2.75, 3.05) is 39.4 Å². The number of aromatic amines is 1. The monoisotopic (exact) mass is 441 g/mol. The van der Waals surface area contributed by atoms with Gasteiger partial charge in [-0.3, -0.25) is 10.00 Å². The van der Waals surface area contributed by atoms with Gasteiger partial charge in [0.1, 0.15) is 18.2 Å². The fraction of sp³-hybridized carbons (Fsp3) is 0.409. The highest BCUT2D eigenvalue weighted by atomic mass is 19.1. The van der Waals surface area contributed by atoms with Crippen LogP contribution in [0.5, 0.6) is 0 Å². The van der Waals surface area contributed by atoms with Crippen LogP contribution in [-0.2, 0) is 11.3 Å². The number of aliphatic imine (C=N–C) groups is 1. The second kappa shape index (κ2) is 10.9. The molecule has 1 saturated heterocycles. The lowest BCUT2D eigenvalue weighted by molar-refractivity contribution is 0.0170. The van der Waals surface area contributed by atoms with E-state index in [0.29, 0.717) is 49.7 Å². The van der Waals surface area contributed by atoms with Gasteiger partial charge in [0.05, 0.1) is 25.5 Å². The van der Waals surface area contributed by atoms with Gasteiger partial charge in [-0.05, 0) is 36.8 Å². The van der Waals surface area contributed by atoms with Crippen LogP contribution in [0.2, 0.25) is 0 Å². The van der Waals surface area contributed by atoms with E-state index >= 15 is 0 Å². The molecule has 4 rings (SSSR count). The molecule has 3 heterocycles. The molecule has 1 atom stereocenters. The van der Waals surface area contributed by atoms with Crippen molar-refractivity contribution in [3.8, 4) is 11.6 Å². The molecule has 1 fully saturated rings. The molecule has 1 unspecified atom stereocenters. The minimum atomic E-state index is -0.238. The zero-order valence-electron chi connectivity index (χ0n) is 18.1. The van der Waals surface area contributed by atoms with E-state index in [0.717, 1.165) is 25.2 Å². The number of furan rings is 1. The van der Waals surface area contributed by atoms with Crippen molar-refractivity contribution in [2.24, 2.45) is 4.99 Å². The summed E-state index contributed by atoms with van der Waals surface area (Å²) in [6.45, 7) is 6.72. The van der Waals surface area contributed by atoms with E-state index in [-0.39, 0.29) is 11.9 Å². The summed E-state index contributed by atoms with van der Waals surface area (Å²) >= 11 is 0. The Morgan fingerprint density at radius 2 is 2.03 bits per heavy atom. The summed E-state index contributed by atoms with van der Waals surface area (Å²) in [5.74, 6) is 2.18. The molecule has 1 aliphatic heterocycles. The molecule has 10 heteroatoms. The molecule has 0 saturated carbocycles. The molecule has 1 aliphatic rings. The number of aromatic nitrogens is 3. The van der Waals surface area contributed by atoms with Crippen LogP contribution in [0.25, 0.3) is 11.6 Å². The van der Waals surface area contributed by atoms with E-state index in [9.17, 15) is 4.39 Å².